The Kier molecular flexibility index (Phi) is 6.72. The molecule has 0 radical (unpaired) electrons. The Labute approximate surface area is 167 Å². The minimum absolute atomic E-state index is 0.0305. The Morgan fingerprint density at radius 2 is 1.79 bits per heavy atom. The maximum atomic E-state index is 13.3. The third kappa shape index (κ3) is 5.61. The second-order valence-corrected chi connectivity index (χ2v) is 11.0. The summed E-state index contributed by atoms with van der Waals surface area (Å²) >= 11 is 5.86. The normalized spacial score (nSPS) is 20.3. The molecule has 10 heteroatoms. The fraction of sp³-hybridized carbons (Fsp3) is 0.611. The van der Waals surface area contributed by atoms with E-state index in [0.717, 1.165) is 4.90 Å². The molecule has 0 spiro atoms. The Morgan fingerprint density at radius 3 is 2.29 bits per heavy atom. The molecule has 0 aliphatic carbocycles. The first-order valence-electron chi connectivity index (χ1n) is 8.65. The second kappa shape index (κ2) is 8.20. The second-order valence-electron chi connectivity index (χ2n) is 7.75. The lowest BCUT2D eigenvalue weighted by Gasteiger charge is -2.42. The Hall–Kier alpha value is -1.32. The van der Waals surface area contributed by atoms with E-state index >= 15 is 0 Å². The van der Waals surface area contributed by atoms with Crippen molar-refractivity contribution in [1.29, 1.82) is 0 Å². The Morgan fingerprint density at radius 1 is 1.21 bits per heavy atom. The van der Waals surface area contributed by atoms with Gasteiger partial charge in [0.25, 0.3) is 0 Å². The molecule has 1 aromatic carbocycles. The van der Waals surface area contributed by atoms with Crippen LogP contribution in [0.25, 0.3) is 0 Å². The van der Waals surface area contributed by atoms with Gasteiger partial charge in [-0.25, -0.2) is 8.42 Å². The minimum atomic E-state index is -4.64. The molecule has 158 valence electrons. The van der Waals surface area contributed by atoms with Gasteiger partial charge in [0.1, 0.15) is 6.61 Å². The summed E-state index contributed by atoms with van der Waals surface area (Å²) in [6.07, 6.45) is -6.06. The van der Waals surface area contributed by atoms with Gasteiger partial charge < -0.3 is 9.64 Å². The average Bonchev–Trinajstić information content (AvgIpc) is 2.52. The quantitative estimate of drug-likeness (QED) is 0.697. The zero-order chi connectivity index (χ0) is 21.3. The number of hydrogen-bond acceptors (Lipinski definition) is 4. The first-order chi connectivity index (χ1) is 12.7. The van der Waals surface area contributed by atoms with Gasteiger partial charge >= 0.3 is 6.18 Å². The summed E-state index contributed by atoms with van der Waals surface area (Å²) in [6, 6.07) is 3.90. The fourth-order valence-corrected chi connectivity index (χ4v) is 4.41. The zero-order valence-corrected chi connectivity index (χ0v) is 17.4. The molecule has 2 atom stereocenters. The van der Waals surface area contributed by atoms with Crippen LogP contribution in [0, 0.1) is 0 Å². The van der Waals surface area contributed by atoms with Crippen LogP contribution in [-0.2, 0) is 19.4 Å². The molecule has 1 heterocycles. The summed E-state index contributed by atoms with van der Waals surface area (Å²) in [6.45, 7) is 3.84. The number of morpholine rings is 1. The highest BCUT2D eigenvalue weighted by Gasteiger charge is 2.45. The molecule has 1 aliphatic rings. The van der Waals surface area contributed by atoms with Gasteiger partial charge in [0.15, 0.2) is 9.84 Å². The van der Waals surface area contributed by atoms with Gasteiger partial charge in [-0.2, -0.15) is 13.2 Å². The van der Waals surface area contributed by atoms with Crippen LogP contribution in [0.15, 0.2) is 24.3 Å². The number of ether oxygens (including phenoxy) is 1. The molecule has 1 amide bonds. The number of nitrogens with zero attached hydrogens (tertiary/aromatic N) is 1. The number of halogens is 4. The molecule has 0 N–H and O–H groups in total. The van der Waals surface area contributed by atoms with Crippen LogP contribution in [-0.4, -0.2) is 55.2 Å². The van der Waals surface area contributed by atoms with Crippen LogP contribution in [0.1, 0.15) is 38.8 Å². The average molecular weight is 442 g/mol. The van der Waals surface area contributed by atoms with Crippen LogP contribution >= 0.6 is 11.6 Å². The predicted octanol–water partition coefficient (Wildman–Crippen LogP) is 3.77. The van der Waals surface area contributed by atoms with Gasteiger partial charge in [0, 0.05) is 5.02 Å². The van der Waals surface area contributed by atoms with E-state index in [1.54, 1.807) is 24.3 Å². The third-order valence-corrected chi connectivity index (χ3v) is 7.53. The highest BCUT2D eigenvalue weighted by molar-refractivity contribution is 7.92. The molecular formula is C18H23ClF3NO4S. The molecule has 1 fully saturated rings. The summed E-state index contributed by atoms with van der Waals surface area (Å²) in [5.74, 6) is -1.46. The molecule has 0 aromatic heterocycles. The summed E-state index contributed by atoms with van der Waals surface area (Å²) in [5.41, 5.74) is 0.526. The molecule has 28 heavy (non-hydrogen) atoms. The van der Waals surface area contributed by atoms with Gasteiger partial charge in [0.05, 0.1) is 35.6 Å². The number of amides is 1. The van der Waals surface area contributed by atoms with Crippen molar-refractivity contribution in [2.45, 2.75) is 50.2 Å². The topological polar surface area (TPSA) is 63.7 Å². The standard InChI is InChI=1S/C18H23ClF3NO4S/c1-17(2,3)28(25,26)11-14(8-18(20,21)22)23-15(9-27-10-16(23)24)12-4-6-13(19)7-5-12/h4-7,14-15H,8-11H2,1-3H3. The van der Waals surface area contributed by atoms with Crippen molar-refractivity contribution in [2.24, 2.45) is 0 Å². The molecular weight excluding hydrogens is 419 g/mol. The lowest BCUT2D eigenvalue weighted by atomic mass is 10.0. The molecule has 0 bridgehead atoms. The zero-order valence-electron chi connectivity index (χ0n) is 15.8. The number of benzene rings is 1. The van der Waals surface area contributed by atoms with E-state index < -0.39 is 57.5 Å². The highest BCUT2D eigenvalue weighted by atomic mass is 35.5. The van der Waals surface area contributed by atoms with Gasteiger partial charge in [0.2, 0.25) is 5.91 Å². The van der Waals surface area contributed by atoms with Crippen molar-refractivity contribution in [3.63, 3.8) is 0 Å². The van der Waals surface area contributed by atoms with E-state index in [2.05, 4.69) is 0 Å². The number of hydrogen-bond donors (Lipinski definition) is 0. The van der Waals surface area contributed by atoms with Gasteiger partial charge in [-0.15, -0.1) is 0 Å². The molecule has 2 unspecified atom stereocenters. The van der Waals surface area contributed by atoms with Crippen molar-refractivity contribution >= 4 is 27.3 Å². The Balaban J connectivity index is 2.46. The molecule has 0 saturated carbocycles. The monoisotopic (exact) mass is 441 g/mol. The summed E-state index contributed by atoms with van der Waals surface area (Å²) in [5, 5.41) is 0.431. The molecule has 1 saturated heterocycles. The van der Waals surface area contributed by atoms with E-state index in [0.29, 0.717) is 10.6 Å². The summed E-state index contributed by atoms with van der Waals surface area (Å²) < 4.78 is 69.0. The molecule has 5 nitrogen and oxygen atoms in total. The number of rotatable bonds is 5. The van der Waals surface area contributed by atoms with Crippen molar-refractivity contribution in [3.05, 3.63) is 34.9 Å². The van der Waals surface area contributed by atoms with Crippen LogP contribution < -0.4 is 0 Å². The molecule has 1 aromatic rings. The SMILES string of the molecule is CC(C)(C)S(=O)(=O)CC(CC(F)(F)F)N1C(=O)COCC1c1ccc(Cl)cc1. The van der Waals surface area contributed by atoms with Crippen molar-refractivity contribution in [3.8, 4) is 0 Å². The van der Waals surface area contributed by atoms with E-state index in [1.807, 2.05) is 0 Å². The van der Waals surface area contributed by atoms with Crippen molar-refractivity contribution in [2.75, 3.05) is 19.0 Å². The van der Waals surface area contributed by atoms with E-state index in [4.69, 9.17) is 16.3 Å². The first kappa shape index (κ1) is 23.0. The maximum absolute atomic E-state index is 13.3. The Bertz CT molecular complexity index is 804. The summed E-state index contributed by atoms with van der Waals surface area (Å²) in [4.78, 5) is 13.5. The molecule has 1 aliphatic heterocycles. The van der Waals surface area contributed by atoms with Gasteiger partial charge in [-0.05, 0) is 38.5 Å². The van der Waals surface area contributed by atoms with E-state index in [9.17, 15) is 26.4 Å². The lowest BCUT2D eigenvalue weighted by molar-refractivity contribution is -0.167. The van der Waals surface area contributed by atoms with E-state index in [-0.39, 0.29) is 6.61 Å². The summed E-state index contributed by atoms with van der Waals surface area (Å²) in [7, 11) is -3.91. The lowest BCUT2D eigenvalue weighted by Crippen LogP contribution is -2.54. The maximum Gasteiger partial charge on any atom is 0.391 e. The highest BCUT2D eigenvalue weighted by Crippen LogP contribution is 2.34. The number of carbonyl (C=O) groups is 1. The predicted molar refractivity (Wildman–Crippen MR) is 99.9 cm³/mol. The van der Waals surface area contributed by atoms with Crippen molar-refractivity contribution in [1.82, 2.24) is 4.90 Å². The third-order valence-electron chi connectivity index (χ3n) is 4.59. The van der Waals surface area contributed by atoms with E-state index in [1.165, 1.54) is 20.8 Å². The smallest absolute Gasteiger partial charge is 0.369 e. The largest absolute Gasteiger partial charge is 0.391 e. The van der Waals surface area contributed by atoms with Gasteiger partial charge in [-0.3, -0.25) is 4.79 Å². The van der Waals surface area contributed by atoms with Gasteiger partial charge in [-0.1, -0.05) is 23.7 Å². The number of carbonyl (C=O) groups excluding carboxylic acids is 1. The number of sulfone groups is 1. The molecule has 2 rings (SSSR count). The fourth-order valence-electron chi connectivity index (χ4n) is 2.99. The van der Waals surface area contributed by atoms with Crippen molar-refractivity contribution < 1.29 is 31.1 Å². The van der Waals surface area contributed by atoms with Crippen LogP contribution in [0.2, 0.25) is 5.02 Å². The van der Waals surface area contributed by atoms with Crippen LogP contribution in [0.4, 0.5) is 13.2 Å². The number of alkyl halides is 3. The van der Waals surface area contributed by atoms with Crippen LogP contribution in [0.3, 0.4) is 0 Å². The van der Waals surface area contributed by atoms with Crippen LogP contribution in [0.5, 0.6) is 0 Å². The first-order valence-corrected chi connectivity index (χ1v) is 10.7. The minimum Gasteiger partial charge on any atom is -0.369 e.